The van der Waals surface area contributed by atoms with Crippen molar-refractivity contribution in [2.24, 2.45) is 0 Å². The quantitative estimate of drug-likeness (QED) is 0.613. The molecule has 1 aliphatic rings. The summed E-state index contributed by atoms with van der Waals surface area (Å²) in [6.45, 7) is 5.06. The molecule has 0 radical (unpaired) electrons. The highest BCUT2D eigenvalue weighted by Crippen LogP contribution is 2.26. The molecule has 7 nitrogen and oxygen atoms in total. The number of nitrogens with one attached hydrogen (secondary N) is 3. The Morgan fingerprint density at radius 2 is 2.14 bits per heavy atom. The van der Waals surface area contributed by atoms with Crippen LogP contribution in [0.3, 0.4) is 0 Å². The van der Waals surface area contributed by atoms with Gasteiger partial charge in [0.1, 0.15) is 4.90 Å². The van der Waals surface area contributed by atoms with Gasteiger partial charge in [-0.2, -0.15) is 5.10 Å². The first-order valence-corrected chi connectivity index (χ1v) is 8.76. The Labute approximate surface area is 125 Å². The molecule has 120 valence electrons. The minimum atomic E-state index is -3.55. The lowest BCUT2D eigenvalue weighted by Gasteiger charge is -2.34. The van der Waals surface area contributed by atoms with Crippen molar-refractivity contribution < 1.29 is 13.2 Å². The Balaban J connectivity index is 2.06. The van der Waals surface area contributed by atoms with Crippen molar-refractivity contribution in [2.45, 2.75) is 56.7 Å². The molecule has 0 unspecified atom stereocenters. The SMILES string of the molecule is CCCNCc1n[nH]c(C)c1S(=O)(=O)NC1CC(OC)C1. The number of aryl methyl sites for hydroxylation is 1. The Hall–Kier alpha value is -0.960. The number of aromatic nitrogens is 2. The van der Waals surface area contributed by atoms with Gasteiger partial charge in [-0.25, -0.2) is 13.1 Å². The van der Waals surface area contributed by atoms with Crippen molar-refractivity contribution in [3.63, 3.8) is 0 Å². The van der Waals surface area contributed by atoms with Crippen molar-refractivity contribution in [3.05, 3.63) is 11.4 Å². The lowest BCUT2D eigenvalue weighted by Crippen LogP contribution is -2.47. The number of sulfonamides is 1. The molecule has 0 atom stereocenters. The highest BCUT2D eigenvalue weighted by atomic mass is 32.2. The number of nitrogens with zero attached hydrogens (tertiary/aromatic N) is 1. The van der Waals surface area contributed by atoms with E-state index in [2.05, 4.69) is 27.2 Å². The summed E-state index contributed by atoms with van der Waals surface area (Å²) >= 11 is 0. The van der Waals surface area contributed by atoms with E-state index in [0.717, 1.165) is 25.8 Å². The molecule has 8 heteroatoms. The Morgan fingerprint density at radius 1 is 1.43 bits per heavy atom. The number of ether oxygens (including phenoxy) is 1. The van der Waals surface area contributed by atoms with E-state index in [-0.39, 0.29) is 17.0 Å². The summed E-state index contributed by atoms with van der Waals surface area (Å²) in [5.74, 6) is 0. The molecule has 1 aromatic heterocycles. The Morgan fingerprint density at radius 3 is 2.76 bits per heavy atom. The average Bonchev–Trinajstić information content (AvgIpc) is 2.76. The van der Waals surface area contributed by atoms with Crippen molar-refractivity contribution in [1.29, 1.82) is 0 Å². The van der Waals surface area contributed by atoms with Crippen molar-refractivity contribution in [2.75, 3.05) is 13.7 Å². The summed E-state index contributed by atoms with van der Waals surface area (Å²) in [6, 6.07) is -0.0503. The lowest BCUT2D eigenvalue weighted by molar-refractivity contribution is 0.0236. The van der Waals surface area contributed by atoms with E-state index >= 15 is 0 Å². The third-order valence-corrected chi connectivity index (χ3v) is 5.42. The molecule has 21 heavy (non-hydrogen) atoms. The van der Waals surface area contributed by atoms with Gasteiger partial charge in [-0.15, -0.1) is 0 Å². The smallest absolute Gasteiger partial charge is 0.244 e. The van der Waals surface area contributed by atoms with Crippen LogP contribution in [0.2, 0.25) is 0 Å². The first kappa shape index (κ1) is 16.4. The number of hydrogen-bond acceptors (Lipinski definition) is 5. The molecular formula is C13H24N4O3S. The van der Waals surface area contributed by atoms with E-state index in [4.69, 9.17) is 4.74 Å². The zero-order valence-electron chi connectivity index (χ0n) is 12.8. The molecule has 0 bridgehead atoms. The van der Waals surface area contributed by atoms with Gasteiger partial charge in [0.25, 0.3) is 0 Å². The van der Waals surface area contributed by atoms with Crippen LogP contribution >= 0.6 is 0 Å². The van der Waals surface area contributed by atoms with Crippen LogP contribution in [0.4, 0.5) is 0 Å². The first-order chi connectivity index (χ1) is 9.97. The summed E-state index contributed by atoms with van der Waals surface area (Å²) in [5.41, 5.74) is 1.11. The second kappa shape index (κ2) is 6.87. The van der Waals surface area contributed by atoms with Gasteiger partial charge < -0.3 is 10.1 Å². The highest BCUT2D eigenvalue weighted by molar-refractivity contribution is 7.89. The predicted octanol–water partition coefficient (Wildman–Crippen LogP) is 0.673. The molecule has 1 saturated carbocycles. The maximum absolute atomic E-state index is 12.5. The van der Waals surface area contributed by atoms with Gasteiger partial charge in [0.2, 0.25) is 10.0 Å². The largest absolute Gasteiger partial charge is 0.381 e. The summed E-state index contributed by atoms with van der Waals surface area (Å²) in [6.07, 6.45) is 2.59. The topological polar surface area (TPSA) is 96.1 Å². The molecule has 0 saturated heterocycles. The number of rotatable bonds is 8. The number of H-pyrrole nitrogens is 1. The van der Waals surface area contributed by atoms with Gasteiger partial charge in [0, 0.05) is 19.7 Å². The van der Waals surface area contributed by atoms with Gasteiger partial charge in [-0.05, 0) is 32.7 Å². The first-order valence-electron chi connectivity index (χ1n) is 7.27. The molecule has 3 N–H and O–H groups in total. The highest BCUT2D eigenvalue weighted by Gasteiger charge is 2.34. The van der Waals surface area contributed by atoms with E-state index < -0.39 is 10.0 Å². The van der Waals surface area contributed by atoms with E-state index in [0.29, 0.717) is 17.9 Å². The molecule has 1 fully saturated rings. The van der Waals surface area contributed by atoms with E-state index in [1.165, 1.54) is 0 Å². The fourth-order valence-electron chi connectivity index (χ4n) is 2.46. The third-order valence-electron chi connectivity index (χ3n) is 3.70. The monoisotopic (exact) mass is 316 g/mol. The second-order valence-electron chi connectivity index (χ2n) is 5.45. The standard InChI is InChI=1S/C13H24N4O3S/c1-4-5-14-8-12-13(9(2)15-16-12)21(18,19)17-10-6-11(7-10)20-3/h10-11,14,17H,4-8H2,1-3H3,(H,15,16). The molecule has 0 amide bonds. The maximum atomic E-state index is 12.5. The Kier molecular flexibility index (Phi) is 5.37. The number of aromatic amines is 1. The van der Waals surface area contributed by atoms with Gasteiger partial charge in [-0.3, -0.25) is 5.10 Å². The minimum absolute atomic E-state index is 0.0503. The van der Waals surface area contributed by atoms with E-state index in [1.54, 1.807) is 14.0 Å². The van der Waals surface area contributed by atoms with Crippen LogP contribution in [-0.4, -0.2) is 44.4 Å². The fourth-order valence-corrected chi connectivity index (χ4v) is 4.09. The van der Waals surface area contributed by atoms with Crippen molar-refractivity contribution >= 4 is 10.0 Å². The molecule has 2 rings (SSSR count). The van der Waals surface area contributed by atoms with Gasteiger partial charge in [0.05, 0.1) is 17.5 Å². The molecular weight excluding hydrogens is 292 g/mol. The van der Waals surface area contributed by atoms with Crippen molar-refractivity contribution in [1.82, 2.24) is 20.2 Å². The molecule has 0 spiro atoms. The van der Waals surface area contributed by atoms with Crippen LogP contribution in [-0.2, 0) is 21.3 Å². The second-order valence-corrected chi connectivity index (χ2v) is 7.10. The zero-order valence-corrected chi connectivity index (χ0v) is 13.6. The third kappa shape index (κ3) is 3.82. The van der Waals surface area contributed by atoms with Gasteiger partial charge >= 0.3 is 0 Å². The summed E-state index contributed by atoms with van der Waals surface area (Å²) in [5, 5.41) is 10.1. The van der Waals surface area contributed by atoms with Gasteiger partial charge in [0.15, 0.2) is 0 Å². The van der Waals surface area contributed by atoms with Crippen LogP contribution in [0, 0.1) is 6.92 Å². The summed E-state index contributed by atoms with van der Waals surface area (Å²) in [7, 11) is -1.90. The van der Waals surface area contributed by atoms with E-state index in [9.17, 15) is 8.42 Å². The predicted molar refractivity (Wildman–Crippen MR) is 79.5 cm³/mol. The summed E-state index contributed by atoms with van der Waals surface area (Å²) < 4.78 is 33.0. The molecule has 1 heterocycles. The van der Waals surface area contributed by atoms with Crippen LogP contribution in [0.25, 0.3) is 0 Å². The van der Waals surface area contributed by atoms with Gasteiger partial charge in [-0.1, -0.05) is 6.92 Å². The van der Waals surface area contributed by atoms with E-state index in [1.807, 2.05) is 0 Å². The molecule has 0 aliphatic heterocycles. The van der Waals surface area contributed by atoms with Crippen LogP contribution in [0.1, 0.15) is 37.6 Å². The maximum Gasteiger partial charge on any atom is 0.244 e. The lowest BCUT2D eigenvalue weighted by atomic mass is 9.90. The van der Waals surface area contributed by atoms with Crippen LogP contribution in [0.15, 0.2) is 4.90 Å². The zero-order chi connectivity index (χ0) is 15.5. The van der Waals surface area contributed by atoms with Crippen LogP contribution in [0.5, 0.6) is 0 Å². The normalized spacial score (nSPS) is 22.2. The number of methoxy groups -OCH3 is 1. The minimum Gasteiger partial charge on any atom is -0.381 e. The molecule has 1 aromatic rings. The summed E-state index contributed by atoms with van der Waals surface area (Å²) in [4.78, 5) is 0.270. The number of hydrogen-bond donors (Lipinski definition) is 3. The average molecular weight is 316 g/mol. The Bertz CT molecular complexity index is 564. The van der Waals surface area contributed by atoms with Crippen molar-refractivity contribution in [3.8, 4) is 0 Å². The fraction of sp³-hybridized carbons (Fsp3) is 0.769. The van der Waals surface area contributed by atoms with Crippen LogP contribution < -0.4 is 10.0 Å². The molecule has 0 aromatic carbocycles. The molecule has 1 aliphatic carbocycles.